The Morgan fingerprint density at radius 2 is 2.11 bits per heavy atom. The normalized spacial score (nSPS) is 21.7. The van der Waals surface area contributed by atoms with Crippen molar-refractivity contribution in [3.8, 4) is 0 Å². The lowest BCUT2D eigenvalue weighted by Gasteiger charge is -2.10. The highest BCUT2D eigenvalue weighted by Gasteiger charge is 2.37. The number of hydrogen-bond acceptors (Lipinski definition) is 2. The van der Waals surface area contributed by atoms with Crippen LogP contribution in [-0.4, -0.2) is 11.9 Å². The zero-order valence-corrected chi connectivity index (χ0v) is 11.4. The van der Waals surface area contributed by atoms with Gasteiger partial charge in [-0.15, -0.1) is 0 Å². The third-order valence-electron chi connectivity index (χ3n) is 3.76. The first-order chi connectivity index (χ1) is 8.52. The van der Waals surface area contributed by atoms with Crippen LogP contribution < -0.4 is 11.1 Å². The van der Waals surface area contributed by atoms with Gasteiger partial charge in [0.15, 0.2) is 0 Å². The van der Waals surface area contributed by atoms with Gasteiger partial charge < -0.3 is 11.1 Å². The minimum atomic E-state index is 0.0165. The summed E-state index contributed by atoms with van der Waals surface area (Å²) >= 11 is 0. The van der Waals surface area contributed by atoms with Gasteiger partial charge in [0.05, 0.1) is 0 Å². The van der Waals surface area contributed by atoms with E-state index in [4.69, 9.17) is 5.73 Å². The van der Waals surface area contributed by atoms with Crippen molar-refractivity contribution in [2.75, 3.05) is 5.73 Å². The predicted molar refractivity (Wildman–Crippen MR) is 74.6 cm³/mol. The number of aryl methyl sites for hydroxylation is 2. The van der Waals surface area contributed by atoms with Crippen molar-refractivity contribution in [2.24, 2.45) is 5.92 Å². The molecule has 98 valence electrons. The molecule has 2 atom stereocenters. The number of nitrogens with two attached hydrogens (primary N) is 1. The van der Waals surface area contributed by atoms with Crippen molar-refractivity contribution in [3.63, 3.8) is 0 Å². The number of nitrogens with one attached hydrogen (secondary N) is 1. The van der Waals surface area contributed by atoms with Crippen LogP contribution in [0.5, 0.6) is 0 Å². The Hall–Kier alpha value is -1.51. The molecule has 0 bridgehead atoms. The molecule has 1 amide bonds. The largest absolute Gasteiger partial charge is 0.398 e. The Morgan fingerprint density at radius 1 is 1.39 bits per heavy atom. The van der Waals surface area contributed by atoms with Crippen molar-refractivity contribution in [2.45, 2.75) is 46.1 Å². The first-order valence-electron chi connectivity index (χ1n) is 6.70. The minimum absolute atomic E-state index is 0.0165. The summed E-state index contributed by atoms with van der Waals surface area (Å²) in [6, 6.07) is 4.14. The number of benzene rings is 1. The highest BCUT2D eigenvalue weighted by Crippen LogP contribution is 2.34. The number of carbonyl (C=O) groups excluding carboxylic acids is 1. The molecular formula is C15H22N2O. The first-order valence-corrected chi connectivity index (χ1v) is 6.70. The van der Waals surface area contributed by atoms with E-state index in [1.54, 1.807) is 6.07 Å². The van der Waals surface area contributed by atoms with Crippen LogP contribution in [0, 0.1) is 19.8 Å². The van der Waals surface area contributed by atoms with Gasteiger partial charge in [0.2, 0.25) is 0 Å². The van der Waals surface area contributed by atoms with Gasteiger partial charge in [-0.1, -0.05) is 19.4 Å². The molecule has 0 aliphatic heterocycles. The molecule has 18 heavy (non-hydrogen) atoms. The molecule has 1 fully saturated rings. The number of rotatable bonds is 4. The molecule has 0 heterocycles. The molecule has 3 N–H and O–H groups in total. The molecule has 1 aromatic carbocycles. The summed E-state index contributed by atoms with van der Waals surface area (Å²) in [4.78, 5) is 12.2. The van der Waals surface area contributed by atoms with Gasteiger partial charge >= 0.3 is 0 Å². The maximum atomic E-state index is 12.2. The van der Waals surface area contributed by atoms with E-state index in [-0.39, 0.29) is 5.91 Å². The van der Waals surface area contributed by atoms with E-state index in [9.17, 15) is 4.79 Å². The Labute approximate surface area is 109 Å². The maximum Gasteiger partial charge on any atom is 0.251 e. The van der Waals surface area contributed by atoms with E-state index in [2.05, 4.69) is 12.2 Å². The molecule has 1 aromatic rings. The van der Waals surface area contributed by atoms with E-state index in [1.807, 2.05) is 19.9 Å². The molecule has 1 saturated carbocycles. The van der Waals surface area contributed by atoms with Gasteiger partial charge in [-0.2, -0.15) is 0 Å². The highest BCUT2D eigenvalue weighted by molar-refractivity contribution is 5.97. The van der Waals surface area contributed by atoms with Gasteiger partial charge in [0.1, 0.15) is 0 Å². The lowest BCUT2D eigenvalue weighted by molar-refractivity contribution is 0.0948. The predicted octanol–water partition coefficient (Wildman–Crippen LogP) is 2.80. The van der Waals surface area contributed by atoms with Gasteiger partial charge in [0, 0.05) is 17.3 Å². The molecule has 1 aliphatic carbocycles. The second kappa shape index (κ2) is 5.01. The minimum Gasteiger partial charge on any atom is -0.398 e. The Balaban J connectivity index is 2.04. The van der Waals surface area contributed by atoms with Crippen LogP contribution in [0.3, 0.4) is 0 Å². The average Bonchev–Trinajstić information content (AvgIpc) is 3.02. The van der Waals surface area contributed by atoms with E-state index in [0.29, 0.717) is 23.2 Å². The summed E-state index contributed by atoms with van der Waals surface area (Å²) in [6.45, 7) is 6.10. The smallest absolute Gasteiger partial charge is 0.251 e. The van der Waals surface area contributed by atoms with Crippen LogP contribution in [0.15, 0.2) is 12.1 Å². The van der Waals surface area contributed by atoms with Gasteiger partial charge in [0.25, 0.3) is 5.91 Å². The molecule has 2 unspecified atom stereocenters. The van der Waals surface area contributed by atoms with Crippen LogP contribution in [0.4, 0.5) is 5.69 Å². The number of anilines is 1. The second-order valence-electron chi connectivity index (χ2n) is 5.39. The number of amides is 1. The van der Waals surface area contributed by atoms with Crippen LogP contribution in [-0.2, 0) is 0 Å². The fourth-order valence-electron chi connectivity index (χ4n) is 2.47. The van der Waals surface area contributed by atoms with Gasteiger partial charge in [-0.25, -0.2) is 0 Å². The quantitative estimate of drug-likeness (QED) is 0.803. The zero-order valence-electron chi connectivity index (χ0n) is 11.4. The molecule has 0 saturated heterocycles. The van der Waals surface area contributed by atoms with Crippen molar-refractivity contribution >= 4 is 11.6 Å². The SMILES string of the molecule is CCCC1CC1NC(=O)c1cc(N)c(C)cc1C. The van der Waals surface area contributed by atoms with E-state index in [1.165, 1.54) is 12.8 Å². The van der Waals surface area contributed by atoms with E-state index in [0.717, 1.165) is 17.5 Å². The Bertz CT molecular complexity index is 468. The third-order valence-corrected chi connectivity index (χ3v) is 3.76. The summed E-state index contributed by atoms with van der Waals surface area (Å²) in [5.74, 6) is 0.699. The number of hydrogen-bond donors (Lipinski definition) is 2. The maximum absolute atomic E-state index is 12.2. The van der Waals surface area contributed by atoms with Crippen molar-refractivity contribution < 1.29 is 4.79 Å². The summed E-state index contributed by atoms with van der Waals surface area (Å²) in [7, 11) is 0. The second-order valence-corrected chi connectivity index (χ2v) is 5.39. The van der Waals surface area contributed by atoms with Crippen LogP contribution >= 0.6 is 0 Å². The standard InChI is InChI=1S/C15H22N2O/c1-4-5-11-7-14(11)17-15(18)12-8-13(16)10(3)6-9(12)2/h6,8,11,14H,4-5,7,16H2,1-3H3,(H,17,18). The number of nitrogen functional groups attached to an aromatic ring is 1. The number of carbonyl (C=O) groups is 1. The topological polar surface area (TPSA) is 55.1 Å². The molecule has 0 aromatic heterocycles. The Morgan fingerprint density at radius 3 is 2.78 bits per heavy atom. The molecule has 3 nitrogen and oxygen atoms in total. The molecule has 0 spiro atoms. The molecular weight excluding hydrogens is 224 g/mol. The lowest BCUT2D eigenvalue weighted by Crippen LogP contribution is -2.27. The fourth-order valence-corrected chi connectivity index (χ4v) is 2.47. The summed E-state index contributed by atoms with van der Waals surface area (Å²) in [6.07, 6.45) is 3.52. The van der Waals surface area contributed by atoms with Crippen molar-refractivity contribution in [1.29, 1.82) is 0 Å². The highest BCUT2D eigenvalue weighted by atomic mass is 16.1. The lowest BCUT2D eigenvalue weighted by atomic mass is 10.0. The summed E-state index contributed by atoms with van der Waals surface area (Å²) < 4.78 is 0. The molecule has 3 heteroatoms. The first kappa shape index (κ1) is 12.9. The van der Waals surface area contributed by atoms with E-state index < -0.39 is 0 Å². The van der Waals surface area contributed by atoms with Crippen LogP contribution in [0.1, 0.15) is 47.7 Å². The van der Waals surface area contributed by atoms with Crippen LogP contribution in [0.2, 0.25) is 0 Å². The summed E-state index contributed by atoms with van der Waals surface area (Å²) in [5, 5.41) is 3.10. The van der Waals surface area contributed by atoms with Crippen LogP contribution in [0.25, 0.3) is 0 Å². The fraction of sp³-hybridized carbons (Fsp3) is 0.533. The molecule has 2 rings (SSSR count). The monoisotopic (exact) mass is 246 g/mol. The Kier molecular flexibility index (Phi) is 3.60. The van der Waals surface area contributed by atoms with E-state index >= 15 is 0 Å². The zero-order chi connectivity index (χ0) is 13.3. The van der Waals surface area contributed by atoms with Gasteiger partial charge in [-0.3, -0.25) is 4.79 Å². The van der Waals surface area contributed by atoms with Gasteiger partial charge in [-0.05, 0) is 49.8 Å². The van der Waals surface area contributed by atoms with Crippen molar-refractivity contribution in [3.05, 3.63) is 28.8 Å². The molecule has 1 aliphatic rings. The third kappa shape index (κ3) is 2.66. The summed E-state index contributed by atoms with van der Waals surface area (Å²) in [5.41, 5.74) is 9.28. The van der Waals surface area contributed by atoms with Crippen molar-refractivity contribution in [1.82, 2.24) is 5.32 Å². The average molecular weight is 246 g/mol. The molecule has 0 radical (unpaired) electrons.